The van der Waals surface area contributed by atoms with Gasteiger partial charge < -0.3 is 4.74 Å². The molecule has 1 heterocycles. The lowest BCUT2D eigenvalue weighted by atomic mass is 10.2. The number of nitro groups is 1. The second kappa shape index (κ2) is 4.21. The molecule has 1 aromatic carbocycles. The Kier molecular flexibility index (Phi) is 2.74. The van der Waals surface area contributed by atoms with Crippen molar-refractivity contribution in [2.24, 2.45) is 0 Å². The largest absolute Gasteiger partial charge is 0.423 e. The first-order valence-corrected chi connectivity index (χ1v) is 4.93. The van der Waals surface area contributed by atoms with Gasteiger partial charge in [0.25, 0.3) is 5.69 Å². The van der Waals surface area contributed by atoms with E-state index in [1.807, 2.05) is 0 Å². The van der Waals surface area contributed by atoms with Crippen molar-refractivity contribution in [3.8, 4) is 0 Å². The van der Waals surface area contributed by atoms with E-state index >= 15 is 0 Å². The fourth-order valence-electron chi connectivity index (χ4n) is 1.42. The Hall–Kier alpha value is -2.43. The number of esters is 1. The van der Waals surface area contributed by atoms with E-state index in [1.54, 1.807) is 31.2 Å². The summed E-state index contributed by atoms with van der Waals surface area (Å²) in [4.78, 5) is 21.1. The summed E-state index contributed by atoms with van der Waals surface area (Å²) < 4.78 is 4.95. The van der Waals surface area contributed by atoms with Gasteiger partial charge in [0.05, 0.1) is 4.92 Å². The highest BCUT2D eigenvalue weighted by atomic mass is 16.6. The molecule has 0 bridgehead atoms. The van der Waals surface area contributed by atoms with E-state index in [2.05, 4.69) is 0 Å². The van der Waals surface area contributed by atoms with Crippen molar-refractivity contribution in [1.29, 1.82) is 0 Å². The summed E-state index contributed by atoms with van der Waals surface area (Å²) in [6.07, 6.45) is 3.28. The molecule has 1 aromatic rings. The van der Waals surface area contributed by atoms with Crippen molar-refractivity contribution in [2.45, 2.75) is 6.92 Å². The topological polar surface area (TPSA) is 69.4 Å². The number of non-ortho nitro benzene ring substituents is 1. The Bertz CT molecular complexity index is 540. The molecular formula is C12H9NO4. The summed E-state index contributed by atoms with van der Waals surface area (Å²) in [5.74, 6) is 0.0829. The van der Waals surface area contributed by atoms with Crippen molar-refractivity contribution in [1.82, 2.24) is 0 Å². The van der Waals surface area contributed by atoms with Crippen LogP contribution in [-0.2, 0) is 9.53 Å². The first-order valence-electron chi connectivity index (χ1n) is 4.93. The van der Waals surface area contributed by atoms with Crippen LogP contribution < -0.4 is 0 Å². The average molecular weight is 231 g/mol. The molecule has 0 radical (unpaired) electrons. The second-order valence-electron chi connectivity index (χ2n) is 3.61. The van der Waals surface area contributed by atoms with Gasteiger partial charge in [0.15, 0.2) is 0 Å². The number of cyclic esters (lactones) is 1. The van der Waals surface area contributed by atoms with Crippen LogP contribution in [0.5, 0.6) is 0 Å². The Balaban J connectivity index is 2.23. The Morgan fingerprint density at radius 1 is 1.29 bits per heavy atom. The van der Waals surface area contributed by atoms with Crippen LogP contribution in [0.2, 0.25) is 0 Å². The van der Waals surface area contributed by atoms with Crippen LogP contribution in [0.25, 0.3) is 6.08 Å². The van der Waals surface area contributed by atoms with Gasteiger partial charge in [0, 0.05) is 17.7 Å². The van der Waals surface area contributed by atoms with Gasteiger partial charge in [0.2, 0.25) is 0 Å². The van der Waals surface area contributed by atoms with E-state index in [0.717, 1.165) is 5.56 Å². The van der Waals surface area contributed by atoms with E-state index in [1.165, 1.54) is 12.1 Å². The van der Waals surface area contributed by atoms with Crippen molar-refractivity contribution >= 4 is 17.7 Å². The maximum absolute atomic E-state index is 11.1. The predicted octanol–water partition coefficient (Wildman–Crippen LogP) is 2.44. The molecule has 17 heavy (non-hydrogen) atoms. The molecule has 5 nitrogen and oxygen atoms in total. The highest BCUT2D eigenvalue weighted by molar-refractivity contribution is 5.93. The summed E-state index contributed by atoms with van der Waals surface area (Å²) >= 11 is 0. The standard InChI is InChI=1S/C12H9NO4/c1-8-6-11(17-12(8)14)7-9-2-4-10(5-3-9)13(15)16/h2-7H,1H3. The molecule has 0 aliphatic carbocycles. The number of carbonyl (C=O) groups excluding carboxylic acids is 1. The van der Waals surface area contributed by atoms with Crippen molar-refractivity contribution in [2.75, 3.05) is 0 Å². The van der Waals surface area contributed by atoms with Crippen molar-refractivity contribution in [3.63, 3.8) is 0 Å². The number of allylic oxidation sites excluding steroid dienone is 1. The molecular weight excluding hydrogens is 222 g/mol. The van der Waals surface area contributed by atoms with Gasteiger partial charge in [-0.2, -0.15) is 0 Å². The molecule has 2 rings (SSSR count). The fraction of sp³-hybridized carbons (Fsp3) is 0.0833. The summed E-state index contributed by atoms with van der Waals surface area (Å²) in [5, 5.41) is 10.5. The lowest BCUT2D eigenvalue weighted by Gasteiger charge is -1.97. The van der Waals surface area contributed by atoms with E-state index in [9.17, 15) is 14.9 Å². The molecule has 0 atom stereocenters. The molecule has 0 spiro atoms. The molecule has 0 fully saturated rings. The smallest absolute Gasteiger partial charge is 0.339 e. The minimum atomic E-state index is -0.462. The van der Waals surface area contributed by atoms with Gasteiger partial charge in [0.1, 0.15) is 5.76 Å². The maximum atomic E-state index is 11.1. The monoisotopic (exact) mass is 231 g/mol. The Morgan fingerprint density at radius 2 is 1.94 bits per heavy atom. The summed E-state index contributed by atoms with van der Waals surface area (Å²) in [6.45, 7) is 1.67. The fourth-order valence-corrected chi connectivity index (χ4v) is 1.42. The van der Waals surface area contributed by atoms with E-state index < -0.39 is 4.92 Å². The van der Waals surface area contributed by atoms with Crippen LogP contribution in [0.15, 0.2) is 41.7 Å². The normalized spacial score (nSPS) is 16.9. The average Bonchev–Trinajstić information content (AvgIpc) is 2.58. The zero-order chi connectivity index (χ0) is 12.4. The minimum Gasteiger partial charge on any atom is -0.423 e. The number of hydrogen-bond acceptors (Lipinski definition) is 4. The quantitative estimate of drug-likeness (QED) is 0.445. The lowest BCUT2D eigenvalue weighted by molar-refractivity contribution is -0.384. The molecule has 0 saturated heterocycles. The predicted molar refractivity (Wildman–Crippen MR) is 60.9 cm³/mol. The number of benzene rings is 1. The molecule has 1 aliphatic rings. The van der Waals surface area contributed by atoms with Gasteiger partial charge in [-0.25, -0.2) is 4.79 Å². The SMILES string of the molecule is CC1=CC(=Cc2ccc([N+](=O)[O-])cc2)OC1=O. The number of hydrogen-bond donors (Lipinski definition) is 0. The van der Waals surface area contributed by atoms with Gasteiger partial charge in [-0.3, -0.25) is 10.1 Å². The first kappa shape index (κ1) is 11.1. The number of nitrogens with zero attached hydrogens (tertiary/aromatic N) is 1. The lowest BCUT2D eigenvalue weighted by Crippen LogP contribution is -1.94. The van der Waals surface area contributed by atoms with Gasteiger partial charge in [-0.15, -0.1) is 0 Å². The van der Waals surface area contributed by atoms with Crippen LogP contribution in [0.4, 0.5) is 5.69 Å². The second-order valence-corrected chi connectivity index (χ2v) is 3.61. The zero-order valence-electron chi connectivity index (χ0n) is 9.04. The third kappa shape index (κ3) is 2.39. The van der Waals surface area contributed by atoms with E-state index in [-0.39, 0.29) is 11.7 Å². The number of nitro benzene ring substituents is 1. The Morgan fingerprint density at radius 3 is 2.41 bits per heavy atom. The third-order valence-corrected chi connectivity index (χ3v) is 2.30. The molecule has 86 valence electrons. The molecule has 0 N–H and O–H groups in total. The highest BCUT2D eigenvalue weighted by Crippen LogP contribution is 2.20. The first-order chi connectivity index (χ1) is 8.06. The van der Waals surface area contributed by atoms with E-state index in [0.29, 0.717) is 11.3 Å². The highest BCUT2D eigenvalue weighted by Gasteiger charge is 2.16. The zero-order valence-corrected chi connectivity index (χ0v) is 9.04. The number of rotatable bonds is 2. The van der Waals surface area contributed by atoms with Gasteiger partial charge >= 0.3 is 5.97 Å². The van der Waals surface area contributed by atoms with Crippen LogP contribution in [0.1, 0.15) is 12.5 Å². The van der Waals surface area contributed by atoms with Crippen LogP contribution >= 0.6 is 0 Å². The van der Waals surface area contributed by atoms with Crippen LogP contribution in [-0.4, -0.2) is 10.9 Å². The van der Waals surface area contributed by atoms with Crippen LogP contribution in [0, 0.1) is 10.1 Å². The third-order valence-electron chi connectivity index (χ3n) is 2.30. The molecule has 5 heteroatoms. The number of ether oxygens (including phenoxy) is 1. The summed E-state index contributed by atoms with van der Waals surface area (Å²) in [6, 6.07) is 6.00. The molecule has 0 unspecified atom stereocenters. The maximum Gasteiger partial charge on any atom is 0.339 e. The Labute approximate surface area is 97.2 Å². The van der Waals surface area contributed by atoms with Crippen molar-refractivity contribution in [3.05, 3.63) is 57.4 Å². The molecule has 0 amide bonds. The molecule has 1 aliphatic heterocycles. The van der Waals surface area contributed by atoms with Crippen LogP contribution in [0.3, 0.4) is 0 Å². The summed E-state index contributed by atoms with van der Waals surface area (Å²) in [5.41, 5.74) is 1.31. The molecule has 0 aromatic heterocycles. The number of carbonyl (C=O) groups is 1. The van der Waals surface area contributed by atoms with E-state index in [4.69, 9.17) is 4.74 Å². The van der Waals surface area contributed by atoms with Crippen molar-refractivity contribution < 1.29 is 14.5 Å². The van der Waals surface area contributed by atoms with Gasteiger partial charge in [-0.05, 0) is 36.8 Å². The molecule has 0 saturated carbocycles. The minimum absolute atomic E-state index is 0.0299. The van der Waals surface area contributed by atoms with Gasteiger partial charge in [-0.1, -0.05) is 0 Å². The summed E-state index contributed by atoms with van der Waals surface area (Å²) in [7, 11) is 0.